The SMILES string of the molecule is C=CC[C@@H]1C(=O)c2cc(OC)ccc2C2CC[C@@]3(C)C(CC[C@@H]3O)C21. The molecule has 2 fully saturated rings. The molecule has 134 valence electrons. The summed E-state index contributed by atoms with van der Waals surface area (Å²) in [5.74, 6) is 2.12. The van der Waals surface area contributed by atoms with Gasteiger partial charge in [-0.3, -0.25) is 4.79 Å². The maximum absolute atomic E-state index is 13.3. The highest BCUT2D eigenvalue weighted by atomic mass is 16.5. The van der Waals surface area contributed by atoms with Gasteiger partial charge >= 0.3 is 0 Å². The first kappa shape index (κ1) is 16.8. The molecular weight excluding hydrogens is 312 g/mol. The number of allylic oxidation sites excluding steroid dienone is 1. The van der Waals surface area contributed by atoms with Gasteiger partial charge in [-0.15, -0.1) is 6.58 Å². The highest BCUT2D eigenvalue weighted by molar-refractivity contribution is 6.01. The van der Waals surface area contributed by atoms with E-state index >= 15 is 0 Å². The number of Topliss-reactive ketones (excluding diaryl/α,β-unsaturated/α-hetero) is 1. The summed E-state index contributed by atoms with van der Waals surface area (Å²) in [7, 11) is 1.64. The Kier molecular flexibility index (Phi) is 4.03. The summed E-state index contributed by atoms with van der Waals surface area (Å²) < 4.78 is 5.35. The van der Waals surface area contributed by atoms with Crippen molar-refractivity contribution in [2.24, 2.45) is 23.2 Å². The Morgan fingerprint density at radius 2 is 2.16 bits per heavy atom. The van der Waals surface area contributed by atoms with Crippen LogP contribution >= 0.6 is 0 Å². The van der Waals surface area contributed by atoms with Gasteiger partial charge < -0.3 is 9.84 Å². The van der Waals surface area contributed by atoms with E-state index in [-0.39, 0.29) is 23.2 Å². The molecule has 0 spiro atoms. The van der Waals surface area contributed by atoms with Gasteiger partial charge in [-0.2, -0.15) is 0 Å². The van der Waals surface area contributed by atoms with Gasteiger partial charge in [-0.1, -0.05) is 19.1 Å². The third-order valence-electron chi connectivity index (χ3n) is 7.43. The van der Waals surface area contributed by atoms with E-state index < -0.39 is 0 Å². The fraction of sp³-hybridized carbons (Fsp3) is 0.591. The first-order chi connectivity index (χ1) is 12.0. The lowest BCUT2D eigenvalue weighted by atomic mass is 9.52. The van der Waals surface area contributed by atoms with E-state index in [4.69, 9.17) is 4.74 Å². The van der Waals surface area contributed by atoms with E-state index in [1.54, 1.807) is 7.11 Å². The minimum absolute atomic E-state index is 0.0166. The molecule has 4 rings (SSSR count). The summed E-state index contributed by atoms with van der Waals surface area (Å²) in [6.45, 7) is 6.15. The number of benzene rings is 1. The van der Waals surface area contributed by atoms with Crippen LogP contribution in [0.3, 0.4) is 0 Å². The maximum Gasteiger partial charge on any atom is 0.166 e. The minimum Gasteiger partial charge on any atom is -0.497 e. The monoisotopic (exact) mass is 340 g/mol. The van der Waals surface area contributed by atoms with E-state index in [9.17, 15) is 9.90 Å². The van der Waals surface area contributed by atoms with E-state index in [0.717, 1.165) is 43.4 Å². The van der Waals surface area contributed by atoms with Gasteiger partial charge in [0.2, 0.25) is 0 Å². The molecule has 0 bridgehead atoms. The Bertz CT molecular complexity index is 709. The number of ether oxygens (including phenoxy) is 1. The first-order valence-corrected chi connectivity index (χ1v) is 9.52. The maximum atomic E-state index is 13.3. The van der Waals surface area contributed by atoms with Crippen molar-refractivity contribution in [2.75, 3.05) is 7.11 Å². The zero-order valence-electron chi connectivity index (χ0n) is 15.2. The molecule has 1 aromatic rings. The number of rotatable bonds is 3. The predicted octanol–water partition coefficient (Wildman–Crippen LogP) is 4.35. The summed E-state index contributed by atoms with van der Waals surface area (Å²) in [5.41, 5.74) is 2.00. The molecule has 0 aromatic heterocycles. The van der Waals surface area contributed by atoms with Gasteiger partial charge in [-0.05, 0) is 73.0 Å². The van der Waals surface area contributed by atoms with E-state index in [1.807, 2.05) is 18.2 Å². The number of aliphatic hydroxyl groups is 1. The van der Waals surface area contributed by atoms with Crippen molar-refractivity contribution in [1.29, 1.82) is 0 Å². The molecule has 1 N–H and O–H groups in total. The smallest absolute Gasteiger partial charge is 0.166 e. The molecule has 0 radical (unpaired) electrons. The average Bonchev–Trinajstić information content (AvgIpc) is 2.93. The molecule has 3 heteroatoms. The Hall–Kier alpha value is -1.61. The third-order valence-corrected chi connectivity index (χ3v) is 7.43. The van der Waals surface area contributed by atoms with Crippen LogP contribution in [0.2, 0.25) is 0 Å². The normalized spacial score (nSPS) is 39.3. The number of aliphatic hydroxyl groups excluding tert-OH is 1. The number of hydrogen-bond donors (Lipinski definition) is 1. The van der Waals surface area contributed by atoms with Crippen molar-refractivity contribution in [2.45, 2.75) is 51.0 Å². The van der Waals surface area contributed by atoms with Crippen LogP contribution in [0.25, 0.3) is 0 Å². The molecule has 3 unspecified atom stereocenters. The fourth-order valence-corrected chi connectivity index (χ4v) is 6.11. The molecule has 25 heavy (non-hydrogen) atoms. The second-order valence-corrected chi connectivity index (χ2v) is 8.38. The Morgan fingerprint density at radius 1 is 1.36 bits per heavy atom. The molecule has 3 aliphatic carbocycles. The first-order valence-electron chi connectivity index (χ1n) is 9.52. The Balaban J connectivity index is 1.82. The Labute approximate surface area is 150 Å². The van der Waals surface area contributed by atoms with Crippen LogP contribution < -0.4 is 4.74 Å². The number of carbonyl (C=O) groups is 1. The largest absolute Gasteiger partial charge is 0.497 e. The average molecular weight is 340 g/mol. The van der Waals surface area contributed by atoms with Crippen LogP contribution in [0.1, 0.15) is 60.9 Å². The molecule has 6 atom stereocenters. The van der Waals surface area contributed by atoms with Crippen LogP contribution in [-0.4, -0.2) is 24.1 Å². The number of ketones is 1. The molecule has 0 amide bonds. The topological polar surface area (TPSA) is 46.5 Å². The van der Waals surface area contributed by atoms with E-state index in [1.165, 1.54) is 5.56 Å². The van der Waals surface area contributed by atoms with E-state index in [2.05, 4.69) is 19.6 Å². The van der Waals surface area contributed by atoms with Gasteiger partial charge in [0.25, 0.3) is 0 Å². The molecule has 0 saturated heterocycles. The highest BCUT2D eigenvalue weighted by Gasteiger charge is 2.58. The molecule has 3 aliphatic rings. The van der Waals surface area contributed by atoms with Crippen molar-refractivity contribution >= 4 is 5.78 Å². The lowest BCUT2D eigenvalue weighted by Gasteiger charge is -2.52. The lowest BCUT2D eigenvalue weighted by Crippen LogP contribution is -2.48. The van der Waals surface area contributed by atoms with Gasteiger partial charge in [0.15, 0.2) is 5.78 Å². The van der Waals surface area contributed by atoms with Gasteiger partial charge in [-0.25, -0.2) is 0 Å². The Morgan fingerprint density at radius 3 is 2.88 bits per heavy atom. The highest BCUT2D eigenvalue weighted by Crippen LogP contribution is 2.62. The second-order valence-electron chi connectivity index (χ2n) is 8.38. The van der Waals surface area contributed by atoms with Crippen LogP contribution in [0.15, 0.2) is 30.9 Å². The van der Waals surface area contributed by atoms with Crippen LogP contribution in [-0.2, 0) is 0 Å². The third kappa shape index (κ3) is 2.32. The van der Waals surface area contributed by atoms with Crippen LogP contribution in [0.4, 0.5) is 0 Å². The zero-order valence-corrected chi connectivity index (χ0v) is 15.2. The quantitative estimate of drug-likeness (QED) is 0.832. The van der Waals surface area contributed by atoms with Crippen LogP contribution in [0, 0.1) is 23.2 Å². The zero-order chi connectivity index (χ0) is 17.8. The molecule has 0 heterocycles. The van der Waals surface area contributed by atoms with Gasteiger partial charge in [0, 0.05) is 11.5 Å². The molecule has 0 aliphatic heterocycles. The van der Waals surface area contributed by atoms with E-state index in [0.29, 0.717) is 17.8 Å². The number of methoxy groups -OCH3 is 1. The standard InChI is InChI=1S/C22H28O3/c1-4-5-16-20-15(10-11-22(2)18(20)8-9-19(22)23)14-7-6-13(25-3)12-17(14)21(16)24/h4,6-7,12,15-16,18-20,23H,1,5,8-11H2,2-3H3/t15?,16-,18?,19-,20?,22-/m0/s1. The molecule has 2 saturated carbocycles. The number of hydrogen-bond acceptors (Lipinski definition) is 3. The van der Waals surface area contributed by atoms with Gasteiger partial charge in [0.05, 0.1) is 13.2 Å². The summed E-state index contributed by atoms with van der Waals surface area (Å²) in [5, 5.41) is 10.6. The second kappa shape index (κ2) is 5.98. The van der Waals surface area contributed by atoms with Crippen molar-refractivity contribution in [3.8, 4) is 5.75 Å². The minimum atomic E-state index is -0.227. The summed E-state index contributed by atoms with van der Waals surface area (Å²) in [6, 6.07) is 6.00. The lowest BCUT2D eigenvalue weighted by molar-refractivity contribution is -0.0335. The van der Waals surface area contributed by atoms with Crippen molar-refractivity contribution in [3.63, 3.8) is 0 Å². The fourth-order valence-electron chi connectivity index (χ4n) is 6.11. The number of carbonyl (C=O) groups excluding carboxylic acids is 1. The number of fused-ring (bicyclic) bond motifs is 5. The van der Waals surface area contributed by atoms with Crippen molar-refractivity contribution < 1.29 is 14.6 Å². The summed E-state index contributed by atoms with van der Waals surface area (Å²) >= 11 is 0. The molecule has 3 nitrogen and oxygen atoms in total. The molecular formula is C22H28O3. The van der Waals surface area contributed by atoms with Gasteiger partial charge in [0.1, 0.15) is 5.75 Å². The summed E-state index contributed by atoms with van der Waals surface area (Å²) in [6.07, 6.45) is 6.38. The van der Waals surface area contributed by atoms with Crippen molar-refractivity contribution in [1.82, 2.24) is 0 Å². The van der Waals surface area contributed by atoms with Crippen LogP contribution in [0.5, 0.6) is 5.75 Å². The predicted molar refractivity (Wildman–Crippen MR) is 97.9 cm³/mol. The summed E-state index contributed by atoms with van der Waals surface area (Å²) in [4.78, 5) is 13.3. The molecule has 1 aromatic carbocycles. The van der Waals surface area contributed by atoms with Crippen molar-refractivity contribution in [3.05, 3.63) is 42.0 Å².